The molecule has 0 radical (unpaired) electrons. The van der Waals surface area contributed by atoms with Crippen LogP contribution < -0.4 is 0 Å². The predicted molar refractivity (Wildman–Crippen MR) is 149 cm³/mol. The molecule has 0 saturated heterocycles. The van der Waals surface area contributed by atoms with E-state index in [0.29, 0.717) is 29.6 Å². The summed E-state index contributed by atoms with van der Waals surface area (Å²) in [6.45, 7) is 21.3. The summed E-state index contributed by atoms with van der Waals surface area (Å²) in [6.07, 6.45) is 11.0. The first-order valence-electron chi connectivity index (χ1n) is 14.8. The Balaban J connectivity index is 1.46. The van der Waals surface area contributed by atoms with Gasteiger partial charge in [0.15, 0.2) is 8.32 Å². The molecular formula is C31H54O4Si. The fourth-order valence-corrected chi connectivity index (χ4v) is 10.0. The smallest absolute Gasteiger partial charge is 0.302 e. The molecule has 0 amide bonds. The normalized spacial score (nSPS) is 41.6. The predicted octanol–water partition coefficient (Wildman–Crippen LogP) is 7.52. The minimum absolute atomic E-state index is 0.0549. The highest BCUT2D eigenvalue weighted by Gasteiger charge is 2.61. The van der Waals surface area contributed by atoms with E-state index in [-0.39, 0.29) is 34.0 Å². The zero-order valence-corrected chi connectivity index (χ0v) is 25.7. The van der Waals surface area contributed by atoms with Gasteiger partial charge in [0, 0.05) is 20.0 Å². The van der Waals surface area contributed by atoms with Gasteiger partial charge in [-0.1, -0.05) is 53.2 Å². The fourth-order valence-electron chi connectivity index (χ4n) is 8.94. The van der Waals surface area contributed by atoms with Crippen molar-refractivity contribution in [2.75, 3.05) is 6.61 Å². The molecule has 4 aliphatic rings. The van der Waals surface area contributed by atoms with Gasteiger partial charge in [-0.25, -0.2) is 0 Å². The molecule has 1 N–H and O–H groups in total. The highest BCUT2D eigenvalue weighted by molar-refractivity contribution is 6.74. The molecule has 4 aliphatic carbocycles. The van der Waals surface area contributed by atoms with Gasteiger partial charge in [-0.3, -0.25) is 4.79 Å². The molecule has 0 spiro atoms. The molecular weight excluding hydrogens is 464 g/mol. The van der Waals surface area contributed by atoms with Crippen LogP contribution in [0.4, 0.5) is 0 Å². The molecule has 0 aromatic carbocycles. The summed E-state index contributed by atoms with van der Waals surface area (Å²) in [5.41, 5.74) is 1.98. The Hall–Kier alpha value is -0.653. The minimum Gasteiger partial charge on any atom is -0.462 e. The van der Waals surface area contributed by atoms with E-state index in [0.717, 1.165) is 45.1 Å². The number of aliphatic hydroxyl groups is 1. The number of rotatable bonds is 6. The average molecular weight is 519 g/mol. The van der Waals surface area contributed by atoms with Crippen LogP contribution in [-0.2, 0) is 14.0 Å². The fraction of sp³-hybridized carbons (Fsp3) is 0.903. The van der Waals surface area contributed by atoms with Gasteiger partial charge in [-0.05, 0) is 103 Å². The van der Waals surface area contributed by atoms with Crippen LogP contribution in [-0.4, -0.2) is 38.2 Å². The third kappa shape index (κ3) is 4.90. The van der Waals surface area contributed by atoms with E-state index in [4.69, 9.17) is 9.16 Å². The van der Waals surface area contributed by atoms with Crippen molar-refractivity contribution >= 4 is 14.3 Å². The van der Waals surface area contributed by atoms with Gasteiger partial charge in [0.2, 0.25) is 0 Å². The largest absolute Gasteiger partial charge is 0.462 e. The van der Waals surface area contributed by atoms with Gasteiger partial charge in [-0.2, -0.15) is 0 Å². The number of hydrogen-bond donors (Lipinski definition) is 1. The van der Waals surface area contributed by atoms with Gasteiger partial charge in [-0.15, -0.1) is 0 Å². The van der Waals surface area contributed by atoms with Crippen molar-refractivity contribution in [1.29, 1.82) is 0 Å². The van der Waals surface area contributed by atoms with Crippen LogP contribution in [0.5, 0.6) is 0 Å². The molecule has 0 aliphatic heterocycles. The van der Waals surface area contributed by atoms with Crippen molar-refractivity contribution in [3.8, 4) is 0 Å². The highest BCUT2D eigenvalue weighted by atomic mass is 28.4. The van der Waals surface area contributed by atoms with Crippen molar-refractivity contribution in [1.82, 2.24) is 0 Å². The molecule has 1 unspecified atom stereocenters. The van der Waals surface area contributed by atoms with Crippen LogP contribution in [0.3, 0.4) is 0 Å². The standard InChI is InChI=1S/C31H54O4Si/c1-20(14-17-34-36(8,9)29(3,4)5)28-27(33)19-26-24-11-10-22-18-23(35-21(2)32)12-15-30(22,6)25(24)13-16-31(26,28)7/h10,20,23-28,33H,11-19H2,1-9H3/t20-,23+,24-,25+,26+,27?,28+,30+,31+/m1/s1. The molecule has 206 valence electrons. The monoisotopic (exact) mass is 518 g/mol. The topological polar surface area (TPSA) is 55.8 Å². The van der Waals surface area contributed by atoms with Crippen LogP contribution in [0, 0.1) is 40.4 Å². The van der Waals surface area contributed by atoms with E-state index >= 15 is 0 Å². The average Bonchev–Trinajstić information content (AvgIpc) is 3.02. The first-order chi connectivity index (χ1) is 16.6. The summed E-state index contributed by atoms with van der Waals surface area (Å²) in [4.78, 5) is 11.5. The van der Waals surface area contributed by atoms with Gasteiger partial charge in [0.05, 0.1) is 6.10 Å². The first kappa shape index (κ1) is 28.4. The molecule has 5 heteroatoms. The highest BCUT2D eigenvalue weighted by Crippen LogP contribution is 2.67. The second kappa shape index (κ2) is 9.83. The quantitative estimate of drug-likeness (QED) is 0.224. The Kier molecular flexibility index (Phi) is 7.74. The summed E-state index contributed by atoms with van der Waals surface area (Å²) >= 11 is 0. The van der Waals surface area contributed by atoms with Crippen LogP contribution >= 0.6 is 0 Å². The number of fused-ring (bicyclic) bond motifs is 5. The second-order valence-corrected chi connectivity index (χ2v) is 19.8. The minimum atomic E-state index is -1.74. The maximum absolute atomic E-state index is 11.5. The van der Waals surface area contributed by atoms with E-state index in [1.54, 1.807) is 0 Å². The van der Waals surface area contributed by atoms with Gasteiger partial charge in [0.1, 0.15) is 6.10 Å². The maximum atomic E-state index is 11.5. The molecule has 9 atom stereocenters. The summed E-state index contributed by atoms with van der Waals surface area (Å²) in [5, 5.41) is 11.7. The number of esters is 1. The van der Waals surface area contributed by atoms with Crippen LogP contribution in [0.2, 0.25) is 18.1 Å². The van der Waals surface area contributed by atoms with E-state index in [9.17, 15) is 9.90 Å². The van der Waals surface area contributed by atoms with Crippen molar-refractivity contribution in [2.45, 2.75) is 130 Å². The SMILES string of the molecule is CC(=O)O[C@H]1CC[C@@]2(C)C(=CC[C@H]3[C@@H]4CC(O)[C@H]([C@H](C)CCO[Si](C)(C)C(C)(C)C)[C@@]4(C)CC[C@@H]32)C1. The zero-order chi connectivity index (χ0) is 26.7. The zero-order valence-electron chi connectivity index (χ0n) is 24.7. The Morgan fingerprint density at radius 1 is 1.19 bits per heavy atom. The number of carbonyl (C=O) groups is 1. The lowest BCUT2D eigenvalue weighted by molar-refractivity contribution is -0.148. The molecule has 0 heterocycles. The number of allylic oxidation sites excluding steroid dienone is 1. The van der Waals surface area contributed by atoms with Gasteiger partial charge < -0.3 is 14.3 Å². The molecule has 0 aromatic heterocycles. The van der Waals surface area contributed by atoms with E-state index < -0.39 is 8.32 Å². The third-order valence-electron chi connectivity index (χ3n) is 12.0. The number of carbonyl (C=O) groups excluding carboxylic acids is 1. The molecule has 3 fully saturated rings. The number of hydrogen-bond acceptors (Lipinski definition) is 4. The third-order valence-corrected chi connectivity index (χ3v) is 16.5. The Bertz CT molecular complexity index is 859. The number of aliphatic hydroxyl groups excluding tert-OH is 1. The van der Waals surface area contributed by atoms with E-state index in [1.807, 2.05) is 0 Å². The van der Waals surface area contributed by atoms with Crippen LogP contribution in [0.25, 0.3) is 0 Å². The van der Waals surface area contributed by atoms with Crippen molar-refractivity contribution < 1.29 is 19.1 Å². The molecule has 4 rings (SSSR count). The molecule has 0 aromatic rings. The summed E-state index contributed by atoms with van der Waals surface area (Å²) in [6, 6.07) is 0. The van der Waals surface area contributed by atoms with Crippen LogP contribution in [0.15, 0.2) is 11.6 Å². The molecule has 4 nitrogen and oxygen atoms in total. The Labute approximate surface area is 222 Å². The molecule has 36 heavy (non-hydrogen) atoms. The lowest BCUT2D eigenvalue weighted by atomic mass is 9.47. The lowest BCUT2D eigenvalue weighted by Crippen LogP contribution is -2.51. The van der Waals surface area contributed by atoms with E-state index in [1.165, 1.54) is 25.3 Å². The maximum Gasteiger partial charge on any atom is 0.302 e. The Morgan fingerprint density at radius 2 is 1.89 bits per heavy atom. The second-order valence-electron chi connectivity index (χ2n) is 15.0. The van der Waals surface area contributed by atoms with Crippen LogP contribution in [0.1, 0.15) is 99.8 Å². The van der Waals surface area contributed by atoms with E-state index in [2.05, 4.69) is 60.7 Å². The first-order valence-corrected chi connectivity index (χ1v) is 17.7. The molecule has 0 bridgehead atoms. The number of ether oxygens (including phenoxy) is 1. The van der Waals surface area contributed by atoms with Gasteiger partial charge >= 0.3 is 5.97 Å². The van der Waals surface area contributed by atoms with Gasteiger partial charge in [0.25, 0.3) is 0 Å². The lowest BCUT2D eigenvalue weighted by Gasteiger charge is -2.58. The van der Waals surface area contributed by atoms with Crippen molar-refractivity contribution in [3.63, 3.8) is 0 Å². The molecule has 3 saturated carbocycles. The van der Waals surface area contributed by atoms with Crippen molar-refractivity contribution in [3.05, 3.63) is 11.6 Å². The summed E-state index contributed by atoms with van der Waals surface area (Å²) in [5.74, 6) is 2.64. The van der Waals surface area contributed by atoms with Crippen molar-refractivity contribution in [2.24, 2.45) is 40.4 Å². The summed E-state index contributed by atoms with van der Waals surface area (Å²) in [7, 11) is -1.74. The Morgan fingerprint density at radius 3 is 2.53 bits per heavy atom. The summed E-state index contributed by atoms with van der Waals surface area (Å²) < 4.78 is 12.1.